The second kappa shape index (κ2) is 5.80. The Labute approximate surface area is 118 Å². The van der Waals surface area contributed by atoms with Crippen LogP contribution >= 0.6 is 0 Å². The maximum atomic E-state index is 11.4. The van der Waals surface area contributed by atoms with Gasteiger partial charge in [-0.2, -0.15) is 0 Å². The zero-order valence-electron chi connectivity index (χ0n) is 11.4. The predicted octanol–water partition coefficient (Wildman–Crippen LogP) is 0.602. The Bertz CT molecular complexity index is 611. The van der Waals surface area contributed by atoms with Gasteiger partial charge in [-0.05, 0) is 30.0 Å². The van der Waals surface area contributed by atoms with Gasteiger partial charge in [0, 0.05) is 6.54 Å². The number of hydrogen-bond acceptors (Lipinski definition) is 5. The van der Waals surface area contributed by atoms with Crippen molar-refractivity contribution in [2.75, 3.05) is 13.4 Å². The highest BCUT2D eigenvalue weighted by Crippen LogP contribution is 2.28. The Morgan fingerprint density at radius 3 is 2.90 bits per heavy atom. The number of methoxy groups -OCH3 is 1. The average molecular weight is 299 g/mol. The lowest BCUT2D eigenvalue weighted by Gasteiger charge is -2.24. The summed E-state index contributed by atoms with van der Waals surface area (Å²) in [5.74, 6) is 0.272. The van der Waals surface area contributed by atoms with Crippen molar-refractivity contribution in [2.24, 2.45) is 0 Å². The lowest BCUT2D eigenvalue weighted by atomic mass is 10.00. The maximum absolute atomic E-state index is 11.4. The summed E-state index contributed by atoms with van der Waals surface area (Å²) in [5, 5.41) is 0. The SMILES string of the molecule is COC(=O)[C@@H]1CCc2cc(CNS(C)(=O)=O)ccc2O1. The molecule has 0 amide bonds. The van der Waals surface area contributed by atoms with Crippen LogP contribution in [-0.4, -0.2) is 33.9 Å². The van der Waals surface area contributed by atoms with E-state index in [1.807, 2.05) is 6.07 Å². The molecule has 0 aliphatic carbocycles. The van der Waals surface area contributed by atoms with Crippen LogP contribution in [0.3, 0.4) is 0 Å². The van der Waals surface area contributed by atoms with Gasteiger partial charge in [-0.25, -0.2) is 17.9 Å². The van der Waals surface area contributed by atoms with Crippen molar-refractivity contribution in [1.82, 2.24) is 4.72 Å². The first kappa shape index (κ1) is 14.8. The number of hydrogen-bond donors (Lipinski definition) is 1. The summed E-state index contributed by atoms with van der Waals surface area (Å²) in [5.41, 5.74) is 1.83. The summed E-state index contributed by atoms with van der Waals surface area (Å²) < 4.78 is 34.8. The fourth-order valence-corrected chi connectivity index (χ4v) is 2.49. The van der Waals surface area contributed by atoms with Crippen molar-refractivity contribution in [3.05, 3.63) is 29.3 Å². The number of carbonyl (C=O) groups excluding carboxylic acids is 1. The molecule has 0 aromatic heterocycles. The van der Waals surface area contributed by atoms with Crippen LogP contribution < -0.4 is 9.46 Å². The van der Waals surface area contributed by atoms with Gasteiger partial charge in [0.25, 0.3) is 0 Å². The van der Waals surface area contributed by atoms with Gasteiger partial charge < -0.3 is 9.47 Å². The van der Waals surface area contributed by atoms with Crippen molar-refractivity contribution in [1.29, 1.82) is 0 Å². The van der Waals surface area contributed by atoms with E-state index in [0.717, 1.165) is 17.4 Å². The number of fused-ring (bicyclic) bond motifs is 1. The summed E-state index contributed by atoms with van der Waals surface area (Å²) in [6.07, 6.45) is 1.81. The maximum Gasteiger partial charge on any atom is 0.347 e. The van der Waals surface area contributed by atoms with Crippen molar-refractivity contribution in [2.45, 2.75) is 25.5 Å². The Balaban J connectivity index is 2.09. The Morgan fingerprint density at radius 1 is 1.50 bits per heavy atom. The Kier molecular flexibility index (Phi) is 4.29. The molecule has 0 saturated heterocycles. The molecule has 1 aromatic carbocycles. The first-order chi connectivity index (χ1) is 9.39. The molecule has 0 fully saturated rings. The van der Waals surface area contributed by atoms with E-state index in [1.165, 1.54) is 7.11 Å². The molecule has 0 radical (unpaired) electrons. The van der Waals surface area contributed by atoms with Crippen LogP contribution in [-0.2, 0) is 32.5 Å². The molecule has 20 heavy (non-hydrogen) atoms. The number of sulfonamides is 1. The molecule has 7 heteroatoms. The van der Waals surface area contributed by atoms with Crippen molar-refractivity contribution < 1.29 is 22.7 Å². The Morgan fingerprint density at radius 2 is 2.25 bits per heavy atom. The van der Waals surface area contributed by atoms with Crippen LogP contribution in [0.4, 0.5) is 0 Å². The molecule has 1 aliphatic rings. The van der Waals surface area contributed by atoms with Gasteiger partial charge in [0.15, 0.2) is 6.10 Å². The second-order valence-corrected chi connectivity index (χ2v) is 6.54. The van der Waals surface area contributed by atoms with Gasteiger partial charge in [0.1, 0.15) is 5.75 Å². The van der Waals surface area contributed by atoms with E-state index in [4.69, 9.17) is 4.74 Å². The zero-order chi connectivity index (χ0) is 14.8. The average Bonchev–Trinajstić information content (AvgIpc) is 2.42. The topological polar surface area (TPSA) is 81.7 Å². The number of benzene rings is 1. The molecule has 0 unspecified atom stereocenters. The van der Waals surface area contributed by atoms with Crippen molar-refractivity contribution in [3.63, 3.8) is 0 Å². The van der Waals surface area contributed by atoms with Crippen LogP contribution in [0.15, 0.2) is 18.2 Å². The standard InChI is InChI=1S/C13H17NO5S/c1-18-13(15)12-6-4-10-7-9(3-5-11(10)19-12)8-14-20(2,16)17/h3,5,7,12,14H,4,6,8H2,1-2H3/t12-/m0/s1. The molecular formula is C13H17NO5S. The van der Waals surface area contributed by atoms with E-state index < -0.39 is 16.1 Å². The number of nitrogens with one attached hydrogen (secondary N) is 1. The molecule has 1 heterocycles. The number of esters is 1. The molecule has 2 rings (SSSR count). The van der Waals surface area contributed by atoms with E-state index in [1.54, 1.807) is 12.1 Å². The van der Waals surface area contributed by atoms with Gasteiger partial charge in [0.05, 0.1) is 13.4 Å². The van der Waals surface area contributed by atoms with E-state index in [9.17, 15) is 13.2 Å². The first-order valence-electron chi connectivity index (χ1n) is 6.20. The molecule has 1 aliphatic heterocycles. The van der Waals surface area contributed by atoms with Gasteiger partial charge in [0.2, 0.25) is 10.0 Å². The number of rotatable bonds is 4. The predicted molar refractivity (Wildman–Crippen MR) is 72.9 cm³/mol. The van der Waals surface area contributed by atoms with Crippen LogP contribution in [0.25, 0.3) is 0 Å². The van der Waals surface area contributed by atoms with E-state index in [2.05, 4.69) is 9.46 Å². The fourth-order valence-electron chi connectivity index (χ4n) is 2.06. The molecule has 6 nitrogen and oxygen atoms in total. The molecule has 1 N–H and O–H groups in total. The van der Waals surface area contributed by atoms with E-state index >= 15 is 0 Å². The normalized spacial score (nSPS) is 18.0. The summed E-state index contributed by atoms with van der Waals surface area (Å²) in [7, 11) is -1.87. The third kappa shape index (κ3) is 3.71. The summed E-state index contributed by atoms with van der Waals surface area (Å²) in [4.78, 5) is 11.4. The zero-order valence-corrected chi connectivity index (χ0v) is 12.2. The third-order valence-corrected chi connectivity index (χ3v) is 3.74. The molecule has 110 valence electrons. The van der Waals surface area contributed by atoms with Gasteiger partial charge in [-0.3, -0.25) is 0 Å². The number of carbonyl (C=O) groups is 1. The molecule has 0 saturated carbocycles. The largest absolute Gasteiger partial charge is 0.478 e. The third-order valence-electron chi connectivity index (χ3n) is 3.07. The first-order valence-corrected chi connectivity index (χ1v) is 8.09. The van der Waals surface area contributed by atoms with E-state index in [0.29, 0.717) is 18.6 Å². The Hall–Kier alpha value is -1.60. The summed E-state index contributed by atoms with van der Waals surface area (Å²) >= 11 is 0. The van der Waals surface area contributed by atoms with Crippen LogP contribution in [0, 0.1) is 0 Å². The molecular weight excluding hydrogens is 282 g/mol. The minimum Gasteiger partial charge on any atom is -0.478 e. The quantitative estimate of drug-likeness (QED) is 0.823. The second-order valence-electron chi connectivity index (χ2n) is 4.70. The summed E-state index contributed by atoms with van der Waals surface area (Å²) in [6.45, 7) is 0.243. The highest BCUT2D eigenvalue weighted by Gasteiger charge is 2.26. The number of aryl methyl sites for hydroxylation is 1. The number of ether oxygens (including phenoxy) is 2. The molecule has 1 atom stereocenters. The summed E-state index contributed by atoms with van der Waals surface area (Å²) in [6, 6.07) is 5.42. The van der Waals surface area contributed by atoms with Crippen molar-refractivity contribution >= 4 is 16.0 Å². The molecule has 0 bridgehead atoms. The highest BCUT2D eigenvalue weighted by atomic mass is 32.2. The van der Waals surface area contributed by atoms with Crippen molar-refractivity contribution in [3.8, 4) is 5.75 Å². The van der Waals surface area contributed by atoms with Crippen LogP contribution in [0.2, 0.25) is 0 Å². The van der Waals surface area contributed by atoms with Gasteiger partial charge in [-0.1, -0.05) is 12.1 Å². The van der Waals surface area contributed by atoms with E-state index in [-0.39, 0.29) is 12.5 Å². The van der Waals surface area contributed by atoms with Crippen LogP contribution in [0.1, 0.15) is 17.5 Å². The van der Waals surface area contributed by atoms with Crippen LogP contribution in [0.5, 0.6) is 5.75 Å². The van der Waals surface area contributed by atoms with Gasteiger partial charge >= 0.3 is 5.97 Å². The minimum absolute atomic E-state index is 0.243. The van der Waals surface area contributed by atoms with Gasteiger partial charge in [-0.15, -0.1) is 0 Å². The molecule has 0 spiro atoms. The highest BCUT2D eigenvalue weighted by molar-refractivity contribution is 7.88. The lowest BCUT2D eigenvalue weighted by Crippen LogP contribution is -2.32. The molecule has 1 aromatic rings. The monoisotopic (exact) mass is 299 g/mol. The smallest absolute Gasteiger partial charge is 0.347 e. The lowest BCUT2D eigenvalue weighted by molar-refractivity contribution is -0.149. The fraction of sp³-hybridized carbons (Fsp3) is 0.462. The minimum atomic E-state index is -3.21.